The lowest BCUT2D eigenvalue weighted by Gasteiger charge is -2.46. The number of benzene rings is 1. The monoisotopic (exact) mass is 316 g/mol. The highest BCUT2D eigenvalue weighted by Gasteiger charge is 2.59. The fourth-order valence-corrected chi connectivity index (χ4v) is 4.83. The summed E-state index contributed by atoms with van der Waals surface area (Å²) in [6.45, 7) is 4.06. The first-order valence-corrected chi connectivity index (χ1v) is 8.60. The lowest BCUT2D eigenvalue weighted by Crippen LogP contribution is -2.57. The van der Waals surface area contributed by atoms with Crippen molar-refractivity contribution in [2.24, 2.45) is 5.92 Å². The predicted octanol–water partition coefficient (Wildman–Crippen LogP) is 1.85. The number of hydrogen-bond donors (Lipinski definition) is 1. The Morgan fingerprint density at radius 3 is 2.74 bits per heavy atom. The molecule has 124 valence electrons. The van der Waals surface area contributed by atoms with Crippen molar-refractivity contribution in [1.29, 1.82) is 0 Å². The molecule has 3 heterocycles. The molecule has 3 aliphatic rings. The number of nitrogens with zero attached hydrogens (tertiary/aromatic N) is 2. The number of fused-ring (bicyclic) bond motifs is 2. The van der Waals surface area contributed by atoms with E-state index in [9.17, 15) is 9.90 Å². The zero-order valence-corrected chi connectivity index (χ0v) is 13.5. The van der Waals surface area contributed by atoms with Crippen LogP contribution in [0, 0.1) is 5.92 Å². The molecule has 4 rings (SSSR count). The summed E-state index contributed by atoms with van der Waals surface area (Å²) in [5.74, 6) is 0.563. The number of rotatable bonds is 3. The van der Waals surface area contributed by atoms with Crippen molar-refractivity contribution in [2.75, 3.05) is 13.2 Å². The van der Waals surface area contributed by atoms with E-state index in [1.807, 2.05) is 30.0 Å². The Labute approximate surface area is 136 Å². The normalized spacial score (nSPS) is 35.6. The number of carbonyl (C=O) groups is 1. The highest BCUT2D eigenvalue weighted by Crippen LogP contribution is 2.46. The van der Waals surface area contributed by atoms with Crippen LogP contribution in [0.4, 0.5) is 4.79 Å². The van der Waals surface area contributed by atoms with Gasteiger partial charge in [-0.05, 0) is 31.2 Å². The SMILES string of the molecule is CCOC(=O)N1C2CC3CC1C(C2O)N(Cc1ccccc1)C3. The van der Waals surface area contributed by atoms with E-state index in [1.165, 1.54) is 5.56 Å². The molecule has 0 spiro atoms. The summed E-state index contributed by atoms with van der Waals surface area (Å²) >= 11 is 0. The molecule has 3 saturated heterocycles. The van der Waals surface area contributed by atoms with Crippen molar-refractivity contribution >= 4 is 6.09 Å². The quantitative estimate of drug-likeness (QED) is 0.925. The maximum atomic E-state index is 12.3. The van der Waals surface area contributed by atoms with Gasteiger partial charge in [0.25, 0.3) is 0 Å². The fraction of sp³-hybridized carbons (Fsp3) is 0.611. The van der Waals surface area contributed by atoms with E-state index in [4.69, 9.17) is 4.74 Å². The van der Waals surface area contributed by atoms with E-state index in [0.717, 1.165) is 25.9 Å². The van der Waals surface area contributed by atoms with E-state index in [1.54, 1.807) is 0 Å². The topological polar surface area (TPSA) is 53.0 Å². The summed E-state index contributed by atoms with van der Waals surface area (Å²) in [4.78, 5) is 16.5. The van der Waals surface area contributed by atoms with Gasteiger partial charge in [0.05, 0.1) is 30.8 Å². The lowest BCUT2D eigenvalue weighted by molar-refractivity contribution is 0.00753. The Kier molecular flexibility index (Phi) is 3.77. The number of hydrogen-bond acceptors (Lipinski definition) is 4. The second kappa shape index (κ2) is 5.80. The second-order valence-corrected chi connectivity index (χ2v) is 6.97. The van der Waals surface area contributed by atoms with Crippen LogP contribution in [0.5, 0.6) is 0 Å². The van der Waals surface area contributed by atoms with E-state index >= 15 is 0 Å². The Hall–Kier alpha value is -1.59. The van der Waals surface area contributed by atoms with Crippen molar-refractivity contribution in [1.82, 2.24) is 9.80 Å². The van der Waals surface area contributed by atoms with Crippen molar-refractivity contribution in [3.63, 3.8) is 0 Å². The third-order valence-corrected chi connectivity index (χ3v) is 5.62. The van der Waals surface area contributed by atoms with Crippen LogP contribution in [0.2, 0.25) is 0 Å². The standard InChI is InChI=1S/C18H24N2O3/c1-2-23-18(22)20-14-8-13-9-15(20)17(21)16(14)19(11-13)10-12-6-4-3-5-7-12/h3-7,13-17,21H,2,8-11H2,1H3. The molecule has 3 fully saturated rings. The molecule has 5 unspecified atom stereocenters. The molecule has 3 bridgehead atoms. The van der Waals surface area contributed by atoms with Crippen LogP contribution < -0.4 is 0 Å². The zero-order valence-electron chi connectivity index (χ0n) is 13.5. The zero-order chi connectivity index (χ0) is 16.0. The molecule has 0 aliphatic carbocycles. The van der Waals surface area contributed by atoms with Gasteiger partial charge in [0.1, 0.15) is 0 Å². The summed E-state index contributed by atoms with van der Waals surface area (Å²) in [5, 5.41) is 10.8. The third kappa shape index (κ3) is 2.42. The summed E-state index contributed by atoms with van der Waals surface area (Å²) in [5.41, 5.74) is 1.26. The van der Waals surface area contributed by atoms with Gasteiger partial charge in [0.15, 0.2) is 0 Å². The largest absolute Gasteiger partial charge is 0.450 e. The molecule has 1 aromatic carbocycles. The lowest BCUT2D eigenvalue weighted by atomic mass is 9.86. The van der Waals surface area contributed by atoms with Crippen LogP contribution in [-0.4, -0.2) is 58.4 Å². The van der Waals surface area contributed by atoms with Gasteiger partial charge in [-0.2, -0.15) is 0 Å². The Bertz CT molecular complexity index is 579. The first-order chi connectivity index (χ1) is 11.2. The number of aliphatic hydroxyl groups excluding tert-OH is 1. The van der Waals surface area contributed by atoms with Crippen LogP contribution in [0.25, 0.3) is 0 Å². The van der Waals surface area contributed by atoms with Gasteiger partial charge >= 0.3 is 6.09 Å². The molecular formula is C18H24N2O3. The first kappa shape index (κ1) is 15.0. The molecule has 0 aromatic heterocycles. The van der Waals surface area contributed by atoms with Gasteiger partial charge in [-0.3, -0.25) is 9.80 Å². The maximum Gasteiger partial charge on any atom is 0.410 e. The summed E-state index contributed by atoms with van der Waals surface area (Å²) in [7, 11) is 0. The number of ether oxygens (including phenoxy) is 1. The second-order valence-electron chi connectivity index (χ2n) is 6.97. The molecule has 1 amide bonds. The molecule has 5 atom stereocenters. The molecule has 23 heavy (non-hydrogen) atoms. The van der Waals surface area contributed by atoms with Crippen molar-refractivity contribution in [3.05, 3.63) is 35.9 Å². The molecule has 5 nitrogen and oxygen atoms in total. The number of carbonyl (C=O) groups excluding carboxylic acids is 1. The van der Waals surface area contributed by atoms with E-state index < -0.39 is 6.10 Å². The van der Waals surface area contributed by atoms with Gasteiger partial charge < -0.3 is 9.84 Å². The average Bonchev–Trinajstić information content (AvgIpc) is 2.65. The summed E-state index contributed by atoms with van der Waals surface area (Å²) in [6, 6.07) is 10.4. The van der Waals surface area contributed by atoms with Crippen LogP contribution in [-0.2, 0) is 11.3 Å². The minimum Gasteiger partial charge on any atom is -0.450 e. The molecule has 1 aromatic rings. The van der Waals surface area contributed by atoms with Crippen LogP contribution >= 0.6 is 0 Å². The third-order valence-electron chi connectivity index (χ3n) is 5.62. The number of piperidine rings is 2. The highest BCUT2D eigenvalue weighted by molar-refractivity contribution is 5.70. The Balaban J connectivity index is 1.58. The van der Waals surface area contributed by atoms with Gasteiger partial charge in [-0.1, -0.05) is 30.3 Å². The highest BCUT2D eigenvalue weighted by atomic mass is 16.6. The van der Waals surface area contributed by atoms with Crippen molar-refractivity contribution < 1.29 is 14.6 Å². The molecule has 3 aliphatic heterocycles. The van der Waals surface area contributed by atoms with E-state index in [0.29, 0.717) is 12.5 Å². The number of amides is 1. The van der Waals surface area contributed by atoms with E-state index in [2.05, 4.69) is 17.0 Å². The molecule has 1 N–H and O–H groups in total. The van der Waals surface area contributed by atoms with Gasteiger partial charge in [0, 0.05) is 13.1 Å². The predicted molar refractivity (Wildman–Crippen MR) is 85.8 cm³/mol. The summed E-state index contributed by atoms with van der Waals surface area (Å²) in [6.07, 6.45) is 1.14. The first-order valence-electron chi connectivity index (χ1n) is 8.60. The van der Waals surface area contributed by atoms with Crippen LogP contribution in [0.3, 0.4) is 0 Å². The molecule has 0 radical (unpaired) electrons. The van der Waals surface area contributed by atoms with Crippen LogP contribution in [0.1, 0.15) is 25.3 Å². The number of aliphatic hydroxyl groups is 1. The van der Waals surface area contributed by atoms with Crippen LogP contribution in [0.15, 0.2) is 30.3 Å². The van der Waals surface area contributed by atoms with Gasteiger partial charge in [-0.25, -0.2) is 4.79 Å². The molecule has 5 heteroatoms. The molecule has 0 saturated carbocycles. The number of likely N-dealkylation sites (tertiary alicyclic amines) is 1. The minimum atomic E-state index is -0.472. The summed E-state index contributed by atoms with van der Waals surface area (Å²) < 4.78 is 5.23. The molecular weight excluding hydrogens is 292 g/mol. The maximum absolute atomic E-state index is 12.3. The van der Waals surface area contributed by atoms with Gasteiger partial charge in [0.2, 0.25) is 0 Å². The smallest absolute Gasteiger partial charge is 0.410 e. The van der Waals surface area contributed by atoms with E-state index in [-0.39, 0.29) is 24.2 Å². The van der Waals surface area contributed by atoms with Gasteiger partial charge in [-0.15, -0.1) is 0 Å². The minimum absolute atomic E-state index is 0.0309. The van der Waals surface area contributed by atoms with Crippen molar-refractivity contribution in [2.45, 2.75) is 50.5 Å². The Morgan fingerprint density at radius 2 is 2.00 bits per heavy atom. The fourth-order valence-electron chi connectivity index (χ4n) is 4.83. The Morgan fingerprint density at radius 1 is 1.26 bits per heavy atom. The van der Waals surface area contributed by atoms with Crippen molar-refractivity contribution in [3.8, 4) is 0 Å². The average molecular weight is 316 g/mol.